The first kappa shape index (κ1) is 14.9. The molecule has 0 saturated carbocycles. The van der Waals surface area contributed by atoms with Crippen molar-refractivity contribution in [1.82, 2.24) is 0 Å². The minimum atomic E-state index is -6.20. The number of rotatable bonds is 4. The minimum absolute atomic E-state index is 2.49. The SMILES string of the molecule is O=C(O)CC(O)(C(F)(F)F)C(F)(F)C(F)F. The monoisotopic (exact) mass is 258 g/mol. The van der Waals surface area contributed by atoms with Crippen molar-refractivity contribution in [2.24, 2.45) is 0 Å². The Morgan fingerprint density at radius 3 is 1.69 bits per heavy atom. The maximum absolute atomic E-state index is 12.5. The molecule has 0 heterocycles. The normalized spacial score (nSPS) is 17.3. The molecule has 2 N–H and O–H groups in total. The van der Waals surface area contributed by atoms with E-state index in [0.29, 0.717) is 0 Å². The molecule has 0 aromatic heterocycles. The van der Waals surface area contributed by atoms with Crippen LogP contribution in [0.1, 0.15) is 6.42 Å². The average Bonchev–Trinajstić information content (AvgIpc) is 1.99. The molecule has 0 spiro atoms. The topological polar surface area (TPSA) is 57.5 Å². The van der Waals surface area contributed by atoms with E-state index in [0.717, 1.165) is 0 Å². The summed E-state index contributed by atoms with van der Waals surface area (Å²) in [6, 6.07) is 0. The first-order valence-electron chi connectivity index (χ1n) is 3.53. The Morgan fingerprint density at radius 2 is 1.50 bits per heavy atom. The lowest BCUT2D eigenvalue weighted by atomic mass is 9.91. The van der Waals surface area contributed by atoms with Gasteiger partial charge >= 0.3 is 24.5 Å². The van der Waals surface area contributed by atoms with E-state index in [1.807, 2.05) is 0 Å². The van der Waals surface area contributed by atoms with Crippen LogP contribution in [0, 0.1) is 0 Å². The molecule has 96 valence electrons. The van der Waals surface area contributed by atoms with Crippen LogP contribution in [0.5, 0.6) is 0 Å². The molecule has 1 atom stereocenters. The zero-order chi connectivity index (χ0) is 13.4. The van der Waals surface area contributed by atoms with E-state index in [2.05, 4.69) is 0 Å². The van der Waals surface area contributed by atoms with Crippen LogP contribution in [0.15, 0.2) is 0 Å². The van der Waals surface area contributed by atoms with Gasteiger partial charge < -0.3 is 10.2 Å². The smallest absolute Gasteiger partial charge is 0.424 e. The lowest BCUT2D eigenvalue weighted by Gasteiger charge is -2.35. The summed E-state index contributed by atoms with van der Waals surface area (Å²) in [4.78, 5) is 9.89. The average molecular weight is 258 g/mol. The molecule has 16 heavy (non-hydrogen) atoms. The molecular formula is C6H5F7O3. The van der Waals surface area contributed by atoms with Crippen LogP contribution < -0.4 is 0 Å². The Hall–Kier alpha value is -1.06. The molecule has 0 rings (SSSR count). The summed E-state index contributed by atoms with van der Waals surface area (Å²) in [6.45, 7) is 0. The van der Waals surface area contributed by atoms with Crippen molar-refractivity contribution < 1.29 is 45.7 Å². The van der Waals surface area contributed by atoms with Gasteiger partial charge in [-0.15, -0.1) is 0 Å². The quantitative estimate of drug-likeness (QED) is 0.754. The fourth-order valence-electron chi connectivity index (χ4n) is 0.806. The lowest BCUT2D eigenvalue weighted by molar-refractivity contribution is -0.354. The van der Waals surface area contributed by atoms with Crippen LogP contribution >= 0.6 is 0 Å². The van der Waals surface area contributed by atoms with Crippen molar-refractivity contribution in [3.63, 3.8) is 0 Å². The molecule has 0 fully saturated rings. The zero-order valence-corrected chi connectivity index (χ0v) is 7.23. The summed E-state index contributed by atoms with van der Waals surface area (Å²) < 4.78 is 84.3. The van der Waals surface area contributed by atoms with E-state index < -0.39 is 36.5 Å². The number of alkyl halides is 7. The number of aliphatic carboxylic acids is 1. The summed E-state index contributed by atoms with van der Waals surface area (Å²) in [5.41, 5.74) is -5.31. The molecule has 1 unspecified atom stereocenters. The van der Waals surface area contributed by atoms with Gasteiger partial charge in [0.15, 0.2) is 0 Å². The molecule has 0 aromatic rings. The highest BCUT2D eigenvalue weighted by Crippen LogP contribution is 2.47. The number of carboxylic acid groups (broad SMARTS) is 1. The minimum Gasteiger partial charge on any atom is -0.481 e. The van der Waals surface area contributed by atoms with Crippen molar-refractivity contribution in [3.05, 3.63) is 0 Å². The van der Waals surface area contributed by atoms with E-state index in [4.69, 9.17) is 10.2 Å². The van der Waals surface area contributed by atoms with Crippen LogP contribution in [0.3, 0.4) is 0 Å². The first-order valence-corrected chi connectivity index (χ1v) is 3.53. The Labute approximate surface area is 83.5 Å². The molecule has 0 saturated heterocycles. The summed E-state index contributed by atoms with van der Waals surface area (Å²) in [5, 5.41) is 16.4. The number of carboxylic acids is 1. The molecule has 10 heteroatoms. The second kappa shape index (κ2) is 4.07. The van der Waals surface area contributed by atoms with Crippen LogP contribution in [0.25, 0.3) is 0 Å². The maximum Gasteiger partial charge on any atom is 0.424 e. The molecule has 3 nitrogen and oxygen atoms in total. The molecule has 0 aliphatic carbocycles. The summed E-state index contributed by atoms with van der Waals surface area (Å²) in [6.07, 6.45) is -13.6. The standard InChI is InChI=1S/C6H5F7O3/c7-3(8)5(9,10)4(16,1-2(14)15)6(11,12)13/h3,16H,1H2,(H,14,15). The molecular weight excluding hydrogens is 253 g/mol. The number of hydrogen-bond acceptors (Lipinski definition) is 2. The maximum atomic E-state index is 12.5. The summed E-state index contributed by atoms with van der Waals surface area (Å²) >= 11 is 0. The van der Waals surface area contributed by atoms with Gasteiger partial charge in [-0.05, 0) is 0 Å². The first-order chi connectivity index (χ1) is 6.86. The van der Waals surface area contributed by atoms with Gasteiger partial charge in [-0.1, -0.05) is 0 Å². The highest BCUT2D eigenvalue weighted by molar-refractivity contribution is 5.68. The third-order valence-corrected chi connectivity index (χ3v) is 1.70. The van der Waals surface area contributed by atoms with E-state index in [-0.39, 0.29) is 0 Å². The molecule has 0 aromatic carbocycles. The number of hydrogen-bond donors (Lipinski definition) is 2. The Kier molecular flexibility index (Phi) is 3.80. The van der Waals surface area contributed by atoms with Crippen LogP contribution in [0.2, 0.25) is 0 Å². The van der Waals surface area contributed by atoms with Crippen molar-refractivity contribution in [1.29, 1.82) is 0 Å². The van der Waals surface area contributed by atoms with Gasteiger partial charge in [-0.25, -0.2) is 8.78 Å². The predicted octanol–water partition coefficient (Wildman–Crippen LogP) is 1.65. The van der Waals surface area contributed by atoms with Crippen LogP contribution in [-0.4, -0.2) is 40.3 Å². The van der Waals surface area contributed by atoms with Gasteiger partial charge in [0.1, 0.15) is 0 Å². The second-order valence-electron chi connectivity index (χ2n) is 2.85. The number of carbonyl (C=O) groups is 1. The fraction of sp³-hybridized carbons (Fsp3) is 0.833. The second-order valence-corrected chi connectivity index (χ2v) is 2.85. The molecule has 0 bridgehead atoms. The molecule has 0 aliphatic rings. The van der Waals surface area contributed by atoms with Gasteiger partial charge in [-0.3, -0.25) is 4.79 Å². The van der Waals surface area contributed by atoms with Gasteiger partial charge in [0.25, 0.3) is 0 Å². The van der Waals surface area contributed by atoms with Crippen LogP contribution in [-0.2, 0) is 4.79 Å². The third kappa shape index (κ3) is 2.36. The van der Waals surface area contributed by atoms with Gasteiger partial charge in [0, 0.05) is 0 Å². The van der Waals surface area contributed by atoms with E-state index in [1.54, 1.807) is 0 Å². The largest absolute Gasteiger partial charge is 0.481 e. The van der Waals surface area contributed by atoms with E-state index >= 15 is 0 Å². The third-order valence-electron chi connectivity index (χ3n) is 1.70. The molecule has 0 aliphatic heterocycles. The lowest BCUT2D eigenvalue weighted by Crippen LogP contribution is -2.62. The zero-order valence-electron chi connectivity index (χ0n) is 7.23. The molecule has 0 radical (unpaired) electrons. The summed E-state index contributed by atoms with van der Waals surface area (Å²) in [7, 11) is 0. The Balaban J connectivity index is 5.49. The van der Waals surface area contributed by atoms with Crippen molar-refractivity contribution >= 4 is 5.97 Å². The highest BCUT2D eigenvalue weighted by atomic mass is 19.4. The fourth-order valence-corrected chi connectivity index (χ4v) is 0.806. The van der Waals surface area contributed by atoms with Gasteiger partial charge in [0.2, 0.25) is 5.60 Å². The van der Waals surface area contributed by atoms with Crippen molar-refractivity contribution in [3.8, 4) is 0 Å². The highest BCUT2D eigenvalue weighted by Gasteiger charge is 2.73. The van der Waals surface area contributed by atoms with Crippen molar-refractivity contribution in [2.45, 2.75) is 30.5 Å². The van der Waals surface area contributed by atoms with Gasteiger partial charge in [-0.2, -0.15) is 22.0 Å². The predicted molar refractivity (Wildman–Crippen MR) is 34.2 cm³/mol. The number of halogens is 7. The van der Waals surface area contributed by atoms with Crippen LogP contribution in [0.4, 0.5) is 30.7 Å². The van der Waals surface area contributed by atoms with E-state index in [1.165, 1.54) is 0 Å². The van der Waals surface area contributed by atoms with Crippen molar-refractivity contribution in [2.75, 3.05) is 0 Å². The molecule has 0 amide bonds. The van der Waals surface area contributed by atoms with Gasteiger partial charge in [0.05, 0.1) is 6.42 Å². The summed E-state index contributed by atoms with van der Waals surface area (Å²) in [5.74, 6) is -8.40. The Bertz CT molecular complexity index is 274. The number of aliphatic hydroxyl groups is 1. The van der Waals surface area contributed by atoms with E-state index in [9.17, 15) is 35.5 Å². The Morgan fingerprint density at radius 1 is 1.12 bits per heavy atom.